The monoisotopic (exact) mass is 287 g/mol. The maximum atomic E-state index is 5.17. The molecule has 7 heteroatoms. The maximum Gasteiger partial charge on any atom is 0.254 e. The van der Waals surface area contributed by atoms with Crippen LogP contribution in [0.4, 0.5) is 5.82 Å². The van der Waals surface area contributed by atoms with Crippen LogP contribution in [0, 0.1) is 0 Å². The molecule has 21 heavy (non-hydrogen) atoms. The Bertz CT molecular complexity index is 707. The molecule has 0 aliphatic rings. The lowest BCUT2D eigenvalue weighted by Crippen LogP contribution is -2.25. The van der Waals surface area contributed by atoms with Crippen LogP contribution in [0.5, 0.6) is 0 Å². The summed E-state index contributed by atoms with van der Waals surface area (Å²) in [7, 11) is 1.65. The van der Waals surface area contributed by atoms with E-state index in [1.54, 1.807) is 24.2 Å². The van der Waals surface area contributed by atoms with Crippen LogP contribution < -0.4 is 4.90 Å². The Hall–Kier alpha value is -2.41. The van der Waals surface area contributed by atoms with Crippen LogP contribution in [-0.4, -0.2) is 33.2 Å². The number of methoxy groups -OCH3 is 1. The highest BCUT2D eigenvalue weighted by Gasteiger charge is 2.14. The van der Waals surface area contributed by atoms with E-state index >= 15 is 0 Å². The lowest BCUT2D eigenvalue weighted by atomic mass is 10.3. The molecule has 0 N–H and O–H groups in total. The zero-order valence-electron chi connectivity index (χ0n) is 12.1. The van der Waals surface area contributed by atoms with Crippen molar-refractivity contribution in [3.05, 3.63) is 42.2 Å². The quantitative estimate of drug-likeness (QED) is 0.689. The van der Waals surface area contributed by atoms with Gasteiger partial charge in [-0.2, -0.15) is 14.6 Å². The highest BCUT2D eigenvalue weighted by molar-refractivity contribution is 5.47. The normalized spacial score (nSPS) is 11.1. The number of hydrogen-bond donors (Lipinski definition) is 0. The van der Waals surface area contributed by atoms with E-state index in [1.807, 2.05) is 12.1 Å². The molecule has 7 nitrogen and oxygen atoms in total. The van der Waals surface area contributed by atoms with Gasteiger partial charge in [0.2, 0.25) is 0 Å². The van der Waals surface area contributed by atoms with E-state index in [-0.39, 0.29) is 0 Å². The van der Waals surface area contributed by atoms with E-state index in [1.165, 1.54) is 6.33 Å². The standard InChI is InChI=1S/C14H17N5O2/c1-3-18(7-11-4-5-21-8-11)13-6-12(9-20-2)17-14-15-10-16-19(13)14/h4-6,8,10H,3,7,9H2,1-2H3. The Morgan fingerprint density at radius 2 is 2.33 bits per heavy atom. The van der Waals surface area contributed by atoms with Crippen molar-refractivity contribution in [2.24, 2.45) is 0 Å². The van der Waals surface area contributed by atoms with Crippen molar-refractivity contribution in [2.45, 2.75) is 20.1 Å². The summed E-state index contributed by atoms with van der Waals surface area (Å²) in [6, 6.07) is 3.94. The van der Waals surface area contributed by atoms with Gasteiger partial charge in [-0.25, -0.2) is 4.98 Å². The number of ether oxygens (including phenoxy) is 1. The molecular weight excluding hydrogens is 270 g/mol. The van der Waals surface area contributed by atoms with Gasteiger partial charge >= 0.3 is 0 Å². The average Bonchev–Trinajstić information content (AvgIpc) is 3.15. The van der Waals surface area contributed by atoms with Crippen LogP contribution in [0.3, 0.4) is 0 Å². The summed E-state index contributed by atoms with van der Waals surface area (Å²) < 4.78 is 12.0. The molecule has 3 rings (SSSR count). The number of rotatable bonds is 6. The number of fused-ring (bicyclic) bond motifs is 1. The fourth-order valence-electron chi connectivity index (χ4n) is 2.25. The Morgan fingerprint density at radius 3 is 3.05 bits per heavy atom. The summed E-state index contributed by atoms with van der Waals surface area (Å²) in [5, 5.41) is 4.26. The summed E-state index contributed by atoms with van der Waals surface area (Å²) in [6.07, 6.45) is 4.93. The van der Waals surface area contributed by atoms with E-state index in [2.05, 4.69) is 26.9 Å². The molecular formula is C14H17N5O2. The van der Waals surface area contributed by atoms with E-state index in [9.17, 15) is 0 Å². The van der Waals surface area contributed by atoms with Gasteiger partial charge in [0.25, 0.3) is 5.78 Å². The molecule has 0 spiro atoms. The van der Waals surface area contributed by atoms with Crippen LogP contribution in [0.2, 0.25) is 0 Å². The molecule has 0 aliphatic heterocycles. The van der Waals surface area contributed by atoms with E-state index in [0.717, 1.165) is 30.2 Å². The highest BCUT2D eigenvalue weighted by atomic mass is 16.5. The van der Waals surface area contributed by atoms with Crippen LogP contribution in [0.15, 0.2) is 35.4 Å². The van der Waals surface area contributed by atoms with Crippen molar-refractivity contribution in [3.8, 4) is 0 Å². The fraction of sp³-hybridized carbons (Fsp3) is 0.357. The molecule has 3 aromatic heterocycles. The Morgan fingerprint density at radius 1 is 1.43 bits per heavy atom. The second-order valence-electron chi connectivity index (χ2n) is 4.66. The number of aromatic nitrogens is 4. The molecule has 0 radical (unpaired) electrons. The van der Waals surface area contributed by atoms with Crippen molar-refractivity contribution < 1.29 is 9.15 Å². The van der Waals surface area contributed by atoms with E-state index in [4.69, 9.17) is 9.15 Å². The molecule has 3 aromatic rings. The Labute approximate surface area is 122 Å². The average molecular weight is 287 g/mol. The Balaban J connectivity index is 2.01. The van der Waals surface area contributed by atoms with E-state index < -0.39 is 0 Å². The van der Waals surface area contributed by atoms with Gasteiger partial charge in [-0.05, 0) is 13.0 Å². The molecule has 0 saturated heterocycles. The summed E-state index contributed by atoms with van der Waals surface area (Å²) in [6.45, 7) is 4.11. The van der Waals surface area contributed by atoms with Crippen molar-refractivity contribution in [2.75, 3.05) is 18.6 Å². The summed E-state index contributed by atoms with van der Waals surface area (Å²) in [4.78, 5) is 10.8. The van der Waals surface area contributed by atoms with Crippen molar-refractivity contribution in [3.63, 3.8) is 0 Å². The first-order valence-electron chi connectivity index (χ1n) is 6.76. The van der Waals surface area contributed by atoms with Gasteiger partial charge in [0.1, 0.15) is 12.1 Å². The zero-order valence-corrected chi connectivity index (χ0v) is 12.1. The lowest BCUT2D eigenvalue weighted by Gasteiger charge is -2.23. The second-order valence-corrected chi connectivity index (χ2v) is 4.66. The first kappa shape index (κ1) is 13.6. The van der Waals surface area contributed by atoms with Gasteiger partial charge in [0.05, 0.1) is 24.8 Å². The maximum absolute atomic E-state index is 5.17. The molecule has 110 valence electrons. The van der Waals surface area contributed by atoms with Crippen LogP contribution in [0.25, 0.3) is 5.78 Å². The third-order valence-electron chi connectivity index (χ3n) is 3.24. The van der Waals surface area contributed by atoms with Crippen molar-refractivity contribution in [1.82, 2.24) is 19.6 Å². The predicted octanol–water partition coefficient (Wildman–Crippen LogP) is 1.89. The largest absolute Gasteiger partial charge is 0.472 e. The first-order chi connectivity index (χ1) is 10.3. The van der Waals surface area contributed by atoms with Gasteiger partial charge in [-0.15, -0.1) is 0 Å². The number of furan rings is 1. The lowest BCUT2D eigenvalue weighted by molar-refractivity contribution is 0.181. The minimum atomic E-state index is 0.444. The molecule has 0 atom stereocenters. The minimum absolute atomic E-state index is 0.444. The molecule has 0 bridgehead atoms. The summed E-state index contributed by atoms with van der Waals surface area (Å²) >= 11 is 0. The predicted molar refractivity (Wildman–Crippen MR) is 76.9 cm³/mol. The molecule has 3 heterocycles. The van der Waals surface area contributed by atoms with Crippen molar-refractivity contribution >= 4 is 11.6 Å². The molecule has 0 aromatic carbocycles. The van der Waals surface area contributed by atoms with E-state index in [0.29, 0.717) is 12.4 Å². The molecule has 0 amide bonds. The molecule has 0 unspecified atom stereocenters. The van der Waals surface area contributed by atoms with Crippen molar-refractivity contribution in [1.29, 1.82) is 0 Å². The number of hydrogen-bond acceptors (Lipinski definition) is 6. The van der Waals surface area contributed by atoms with Gasteiger partial charge in [-0.3, -0.25) is 0 Å². The SMILES string of the molecule is CCN(Cc1ccoc1)c1cc(COC)nc2ncnn12. The third kappa shape index (κ3) is 2.73. The summed E-state index contributed by atoms with van der Waals surface area (Å²) in [5.41, 5.74) is 1.94. The Kier molecular flexibility index (Phi) is 3.83. The highest BCUT2D eigenvalue weighted by Crippen LogP contribution is 2.19. The fourth-order valence-corrected chi connectivity index (χ4v) is 2.25. The molecule has 0 saturated carbocycles. The smallest absolute Gasteiger partial charge is 0.254 e. The molecule has 0 aliphatic carbocycles. The molecule has 0 fully saturated rings. The summed E-state index contributed by atoms with van der Waals surface area (Å²) in [5.74, 6) is 1.51. The second kappa shape index (κ2) is 5.92. The van der Waals surface area contributed by atoms with Gasteiger partial charge in [-0.1, -0.05) is 0 Å². The van der Waals surface area contributed by atoms with Crippen LogP contribution in [-0.2, 0) is 17.9 Å². The zero-order chi connectivity index (χ0) is 14.7. The number of nitrogens with zero attached hydrogens (tertiary/aromatic N) is 5. The topological polar surface area (TPSA) is 68.7 Å². The first-order valence-corrected chi connectivity index (χ1v) is 6.76. The van der Waals surface area contributed by atoms with Gasteiger partial charge in [0.15, 0.2) is 0 Å². The third-order valence-corrected chi connectivity index (χ3v) is 3.24. The minimum Gasteiger partial charge on any atom is -0.472 e. The van der Waals surface area contributed by atoms with Crippen LogP contribution in [0.1, 0.15) is 18.2 Å². The van der Waals surface area contributed by atoms with Crippen LogP contribution >= 0.6 is 0 Å². The van der Waals surface area contributed by atoms with Gasteiger partial charge in [0, 0.05) is 31.8 Å². The van der Waals surface area contributed by atoms with Gasteiger partial charge < -0.3 is 14.1 Å². The number of anilines is 1.